The van der Waals surface area contributed by atoms with Gasteiger partial charge < -0.3 is 14.8 Å². The summed E-state index contributed by atoms with van der Waals surface area (Å²) in [5, 5.41) is 4.02. The van der Waals surface area contributed by atoms with E-state index in [-0.39, 0.29) is 0 Å². The molecule has 2 aromatic rings. The summed E-state index contributed by atoms with van der Waals surface area (Å²) in [5.41, 5.74) is 3.44. The molecule has 0 saturated heterocycles. The molecular weight excluding hydrogens is 334 g/mol. The summed E-state index contributed by atoms with van der Waals surface area (Å²) in [6.07, 6.45) is 2.35. The summed E-state index contributed by atoms with van der Waals surface area (Å²) in [4.78, 5) is 0. The molecular formula is C21H28ClNO2. The molecule has 0 radical (unpaired) electrons. The molecule has 0 spiro atoms. The number of unbranched alkanes of at least 4 members (excludes halogenated alkanes) is 1. The molecule has 25 heavy (non-hydrogen) atoms. The summed E-state index contributed by atoms with van der Waals surface area (Å²) < 4.78 is 11.7. The van der Waals surface area contributed by atoms with Crippen LogP contribution in [0.25, 0.3) is 0 Å². The van der Waals surface area contributed by atoms with Crippen LogP contribution in [0.15, 0.2) is 36.4 Å². The molecule has 0 amide bonds. The standard InChI is InChI=1S/C21H28ClNO2/c1-4-6-11-23-14-18-12-19(22)21(20(13-18)24-5-2)25-15-17-9-7-16(3)8-10-17/h7-10,12-13,23H,4-6,11,14-15H2,1-3H3. The number of hydrogen-bond donors (Lipinski definition) is 1. The van der Waals surface area contributed by atoms with Crippen molar-refractivity contribution in [3.63, 3.8) is 0 Å². The van der Waals surface area contributed by atoms with Gasteiger partial charge in [0.25, 0.3) is 0 Å². The molecule has 4 heteroatoms. The zero-order valence-electron chi connectivity index (χ0n) is 15.4. The number of aryl methyl sites for hydroxylation is 1. The van der Waals surface area contributed by atoms with Crippen LogP contribution in [0.3, 0.4) is 0 Å². The minimum atomic E-state index is 0.466. The number of ether oxygens (including phenoxy) is 2. The number of halogens is 1. The summed E-state index contributed by atoms with van der Waals surface area (Å²) in [6.45, 7) is 9.04. The van der Waals surface area contributed by atoms with Gasteiger partial charge in [-0.2, -0.15) is 0 Å². The summed E-state index contributed by atoms with van der Waals surface area (Å²) in [5.74, 6) is 1.32. The highest BCUT2D eigenvalue weighted by Crippen LogP contribution is 2.37. The van der Waals surface area contributed by atoms with Crippen molar-refractivity contribution >= 4 is 11.6 Å². The minimum absolute atomic E-state index is 0.466. The largest absolute Gasteiger partial charge is 0.490 e. The summed E-state index contributed by atoms with van der Waals surface area (Å²) >= 11 is 6.47. The first-order valence-electron chi connectivity index (χ1n) is 8.98. The molecule has 0 aliphatic carbocycles. The lowest BCUT2D eigenvalue weighted by Crippen LogP contribution is -2.14. The predicted molar refractivity (Wildman–Crippen MR) is 105 cm³/mol. The van der Waals surface area contributed by atoms with Gasteiger partial charge in [0.2, 0.25) is 0 Å². The van der Waals surface area contributed by atoms with Crippen LogP contribution in [0.5, 0.6) is 11.5 Å². The Hall–Kier alpha value is -1.71. The van der Waals surface area contributed by atoms with Crippen LogP contribution in [0.4, 0.5) is 0 Å². The van der Waals surface area contributed by atoms with E-state index in [1.165, 1.54) is 18.4 Å². The second-order valence-corrected chi connectivity index (χ2v) is 6.55. The van der Waals surface area contributed by atoms with Crippen LogP contribution in [0.2, 0.25) is 5.02 Å². The van der Waals surface area contributed by atoms with E-state index in [4.69, 9.17) is 21.1 Å². The quantitative estimate of drug-likeness (QED) is 0.565. The number of hydrogen-bond acceptors (Lipinski definition) is 3. The molecule has 2 aromatic carbocycles. The van der Waals surface area contributed by atoms with Crippen LogP contribution in [-0.2, 0) is 13.2 Å². The van der Waals surface area contributed by atoms with Crippen molar-refractivity contribution in [1.29, 1.82) is 0 Å². The number of rotatable bonds is 10. The van der Waals surface area contributed by atoms with E-state index >= 15 is 0 Å². The van der Waals surface area contributed by atoms with Crippen LogP contribution in [0.1, 0.15) is 43.4 Å². The van der Waals surface area contributed by atoms with Gasteiger partial charge in [0.15, 0.2) is 11.5 Å². The van der Waals surface area contributed by atoms with Gasteiger partial charge in [-0.15, -0.1) is 0 Å². The molecule has 0 atom stereocenters. The fraction of sp³-hybridized carbons (Fsp3) is 0.429. The Labute approximate surface area is 156 Å². The maximum absolute atomic E-state index is 6.47. The van der Waals surface area contributed by atoms with Crippen molar-refractivity contribution in [3.05, 3.63) is 58.1 Å². The summed E-state index contributed by atoms with van der Waals surface area (Å²) in [6, 6.07) is 12.3. The Morgan fingerprint density at radius 1 is 1.00 bits per heavy atom. The summed E-state index contributed by atoms with van der Waals surface area (Å²) in [7, 11) is 0. The minimum Gasteiger partial charge on any atom is -0.490 e. The normalized spacial score (nSPS) is 10.7. The average Bonchev–Trinajstić information content (AvgIpc) is 2.60. The Morgan fingerprint density at radius 3 is 2.44 bits per heavy atom. The highest BCUT2D eigenvalue weighted by molar-refractivity contribution is 6.32. The lowest BCUT2D eigenvalue weighted by atomic mass is 10.1. The highest BCUT2D eigenvalue weighted by Gasteiger charge is 2.13. The van der Waals surface area contributed by atoms with Crippen molar-refractivity contribution in [3.8, 4) is 11.5 Å². The fourth-order valence-electron chi connectivity index (χ4n) is 2.50. The van der Waals surface area contributed by atoms with Crippen molar-refractivity contribution in [2.75, 3.05) is 13.2 Å². The molecule has 136 valence electrons. The first-order chi connectivity index (χ1) is 12.1. The van der Waals surface area contributed by atoms with Crippen molar-refractivity contribution < 1.29 is 9.47 Å². The number of benzene rings is 2. The topological polar surface area (TPSA) is 30.5 Å². The molecule has 0 aliphatic heterocycles. The lowest BCUT2D eigenvalue weighted by Gasteiger charge is -2.16. The van der Waals surface area contributed by atoms with Crippen molar-refractivity contribution in [2.45, 2.75) is 46.8 Å². The fourth-order valence-corrected chi connectivity index (χ4v) is 2.79. The Kier molecular flexibility index (Phi) is 8.10. The van der Waals surface area contributed by atoms with Gasteiger partial charge in [0.1, 0.15) is 6.61 Å². The van der Waals surface area contributed by atoms with E-state index in [0.717, 1.165) is 24.2 Å². The molecule has 1 N–H and O–H groups in total. The molecule has 0 unspecified atom stereocenters. The van der Waals surface area contributed by atoms with Crippen LogP contribution < -0.4 is 14.8 Å². The third-order valence-corrected chi connectivity index (χ3v) is 4.19. The Bertz CT molecular complexity index is 656. The molecule has 0 aromatic heterocycles. The molecule has 0 bridgehead atoms. The van der Waals surface area contributed by atoms with E-state index in [1.54, 1.807) is 0 Å². The third-order valence-electron chi connectivity index (χ3n) is 3.91. The SMILES string of the molecule is CCCCNCc1cc(Cl)c(OCc2ccc(C)cc2)c(OCC)c1. The lowest BCUT2D eigenvalue weighted by molar-refractivity contribution is 0.269. The van der Waals surface area contributed by atoms with Gasteiger partial charge in [-0.25, -0.2) is 0 Å². The Balaban J connectivity index is 2.08. The molecule has 0 saturated carbocycles. The molecule has 2 rings (SSSR count). The van der Waals surface area contributed by atoms with Gasteiger partial charge in [0.05, 0.1) is 11.6 Å². The van der Waals surface area contributed by atoms with Crippen LogP contribution in [0, 0.1) is 6.92 Å². The second kappa shape index (κ2) is 10.3. The predicted octanol–water partition coefficient (Wildman–Crippen LogP) is 5.52. The maximum atomic E-state index is 6.47. The third kappa shape index (κ3) is 6.26. The number of nitrogens with one attached hydrogen (secondary N) is 1. The molecule has 0 aliphatic rings. The first kappa shape index (κ1) is 19.6. The first-order valence-corrected chi connectivity index (χ1v) is 9.36. The monoisotopic (exact) mass is 361 g/mol. The zero-order valence-corrected chi connectivity index (χ0v) is 16.2. The second-order valence-electron chi connectivity index (χ2n) is 6.14. The maximum Gasteiger partial charge on any atom is 0.180 e. The van der Waals surface area contributed by atoms with Gasteiger partial charge >= 0.3 is 0 Å². The zero-order chi connectivity index (χ0) is 18.1. The van der Waals surface area contributed by atoms with E-state index in [1.807, 2.05) is 19.1 Å². The van der Waals surface area contributed by atoms with Gasteiger partial charge in [-0.3, -0.25) is 0 Å². The van der Waals surface area contributed by atoms with Gasteiger partial charge in [-0.1, -0.05) is 54.8 Å². The van der Waals surface area contributed by atoms with Crippen LogP contribution in [-0.4, -0.2) is 13.2 Å². The smallest absolute Gasteiger partial charge is 0.180 e. The highest BCUT2D eigenvalue weighted by atomic mass is 35.5. The molecule has 0 heterocycles. The van der Waals surface area contributed by atoms with E-state index < -0.39 is 0 Å². The molecule has 3 nitrogen and oxygen atoms in total. The van der Waals surface area contributed by atoms with E-state index in [0.29, 0.717) is 29.7 Å². The van der Waals surface area contributed by atoms with Crippen molar-refractivity contribution in [2.24, 2.45) is 0 Å². The average molecular weight is 362 g/mol. The molecule has 0 fully saturated rings. The van der Waals surface area contributed by atoms with Gasteiger partial charge in [-0.05, 0) is 50.1 Å². The van der Waals surface area contributed by atoms with Gasteiger partial charge in [0, 0.05) is 6.54 Å². The Morgan fingerprint density at radius 2 is 1.76 bits per heavy atom. The van der Waals surface area contributed by atoms with Crippen LogP contribution >= 0.6 is 11.6 Å². The van der Waals surface area contributed by atoms with Crippen molar-refractivity contribution in [1.82, 2.24) is 5.32 Å². The van der Waals surface area contributed by atoms with E-state index in [2.05, 4.69) is 43.4 Å². The van der Waals surface area contributed by atoms with E-state index in [9.17, 15) is 0 Å².